The Morgan fingerprint density at radius 3 is 2.21 bits per heavy atom. The summed E-state index contributed by atoms with van der Waals surface area (Å²) in [6, 6.07) is 0. The van der Waals surface area contributed by atoms with Crippen molar-refractivity contribution in [3.05, 3.63) is 11.1 Å². The van der Waals surface area contributed by atoms with Crippen LogP contribution in [-0.4, -0.2) is 23.7 Å². The van der Waals surface area contributed by atoms with Crippen LogP contribution < -0.4 is 0 Å². The minimum atomic E-state index is -1.09. The van der Waals surface area contributed by atoms with Gasteiger partial charge in [-0.3, -0.25) is 0 Å². The van der Waals surface area contributed by atoms with Crippen LogP contribution in [0.15, 0.2) is 11.1 Å². The smallest absolute Gasteiger partial charge is 0.334 e. The number of unbranched alkanes of at least 4 members (excludes halogenated alkanes) is 1. The molecule has 4 heteroatoms. The second-order valence-electron chi connectivity index (χ2n) is 3.04. The lowest BCUT2D eigenvalue weighted by Crippen LogP contribution is -2.11. The van der Waals surface area contributed by atoms with Crippen LogP contribution >= 0.6 is 0 Å². The van der Waals surface area contributed by atoms with Gasteiger partial charge in [0.2, 0.25) is 0 Å². The van der Waals surface area contributed by atoms with Crippen LogP contribution in [0.1, 0.15) is 33.6 Å². The van der Waals surface area contributed by atoms with Crippen LogP contribution in [0.25, 0.3) is 0 Å². The van der Waals surface area contributed by atoms with Crippen LogP contribution in [-0.2, 0) is 14.3 Å². The summed E-state index contributed by atoms with van der Waals surface area (Å²) in [5.74, 6) is -1.63. The highest BCUT2D eigenvalue weighted by Gasteiger charge is 2.13. The van der Waals surface area contributed by atoms with Gasteiger partial charge < -0.3 is 9.84 Å². The molecule has 0 bridgehead atoms. The van der Waals surface area contributed by atoms with E-state index in [2.05, 4.69) is 0 Å². The first-order valence-corrected chi connectivity index (χ1v) is 4.58. The molecule has 0 aromatic carbocycles. The Morgan fingerprint density at radius 2 is 1.79 bits per heavy atom. The summed E-state index contributed by atoms with van der Waals surface area (Å²) in [6.45, 7) is 5.18. The molecule has 0 fully saturated rings. The molecule has 0 radical (unpaired) electrons. The molecule has 0 saturated carbocycles. The van der Waals surface area contributed by atoms with Gasteiger partial charge in [-0.2, -0.15) is 0 Å². The van der Waals surface area contributed by atoms with Gasteiger partial charge in [-0.05, 0) is 20.3 Å². The zero-order valence-corrected chi connectivity index (χ0v) is 8.79. The number of hydrogen-bond donors (Lipinski definition) is 1. The molecule has 0 heterocycles. The maximum absolute atomic E-state index is 11.2. The van der Waals surface area contributed by atoms with E-state index in [9.17, 15) is 9.59 Å². The van der Waals surface area contributed by atoms with Gasteiger partial charge in [-0.25, -0.2) is 9.59 Å². The third-order valence-electron chi connectivity index (χ3n) is 1.92. The molecule has 0 unspecified atom stereocenters. The molecule has 0 aromatic heterocycles. The highest BCUT2D eigenvalue weighted by Crippen LogP contribution is 2.06. The zero-order chi connectivity index (χ0) is 11.1. The molecule has 80 valence electrons. The standard InChI is InChI=1S/C10H16O4/c1-4-5-6-14-10(13)8(3)7(2)9(11)12/h4-6H2,1-3H3,(H,11,12)/b8-7-. The van der Waals surface area contributed by atoms with E-state index in [0.717, 1.165) is 12.8 Å². The summed E-state index contributed by atoms with van der Waals surface area (Å²) < 4.78 is 4.86. The van der Waals surface area contributed by atoms with Gasteiger partial charge in [0.05, 0.1) is 6.61 Å². The summed E-state index contributed by atoms with van der Waals surface area (Å²) in [5.41, 5.74) is 0.195. The fraction of sp³-hybridized carbons (Fsp3) is 0.600. The summed E-state index contributed by atoms with van der Waals surface area (Å²) >= 11 is 0. The largest absolute Gasteiger partial charge is 0.478 e. The molecular formula is C10H16O4. The summed E-state index contributed by atoms with van der Waals surface area (Å²) in [4.78, 5) is 21.7. The fourth-order valence-corrected chi connectivity index (χ4v) is 0.731. The average molecular weight is 200 g/mol. The van der Waals surface area contributed by atoms with Crippen molar-refractivity contribution in [3.63, 3.8) is 0 Å². The molecule has 0 amide bonds. The minimum Gasteiger partial charge on any atom is -0.478 e. The van der Waals surface area contributed by atoms with Crippen molar-refractivity contribution in [2.45, 2.75) is 33.6 Å². The monoisotopic (exact) mass is 200 g/mol. The van der Waals surface area contributed by atoms with Crippen molar-refractivity contribution in [2.75, 3.05) is 6.61 Å². The summed E-state index contributed by atoms with van der Waals surface area (Å²) in [6.07, 6.45) is 1.74. The van der Waals surface area contributed by atoms with Crippen LogP contribution in [0.3, 0.4) is 0 Å². The van der Waals surface area contributed by atoms with Crippen LogP contribution in [0.4, 0.5) is 0 Å². The van der Waals surface area contributed by atoms with Crippen LogP contribution in [0, 0.1) is 0 Å². The SMILES string of the molecule is CCCCOC(=O)/C(C)=C(/C)C(=O)O. The van der Waals surface area contributed by atoms with E-state index in [1.807, 2.05) is 6.92 Å². The first kappa shape index (κ1) is 12.7. The highest BCUT2D eigenvalue weighted by atomic mass is 16.5. The van der Waals surface area contributed by atoms with Crippen molar-refractivity contribution in [1.29, 1.82) is 0 Å². The predicted octanol–water partition coefficient (Wildman–Crippen LogP) is 1.75. The Morgan fingerprint density at radius 1 is 1.21 bits per heavy atom. The molecule has 0 spiro atoms. The molecular weight excluding hydrogens is 184 g/mol. The summed E-state index contributed by atoms with van der Waals surface area (Å²) in [7, 11) is 0. The number of esters is 1. The normalized spacial score (nSPS) is 11.9. The second kappa shape index (κ2) is 6.18. The number of hydrogen-bond acceptors (Lipinski definition) is 3. The first-order valence-electron chi connectivity index (χ1n) is 4.58. The van der Waals surface area contributed by atoms with Gasteiger partial charge in [0, 0.05) is 11.1 Å². The molecule has 0 aliphatic heterocycles. The lowest BCUT2D eigenvalue weighted by molar-refractivity contribution is -0.140. The van der Waals surface area contributed by atoms with Gasteiger partial charge >= 0.3 is 11.9 Å². The maximum atomic E-state index is 11.2. The predicted molar refractivity (Wildman–Crippen MR) is 51.9 cm³/mol. The zero-order valence-electron chi connectivity index (χ0n) is 8.79. The third kappa shape index (κ3) is 4.07. The first-order chi connectivity index (χ1) is 6.50. The molecule has 0 saturated heterocycles. The van der Waals surface area contributed by atoms with Crippen molar-refractivity contribution < 1.29 is 19.4 Å². The van der Waals surface area contributed by atoms with E-state index in [-0.39, 0.29) is 11.1 Å². The van der Waals surface area contributed by atoms with E-state index in [4.69, 9.17) is 9.84 Å². The van der Waals surface area contributed by atoms with Gasteiger partial charge in [0.15, 0.2) is 0 Å². The molecule has 4 nitrogen and oxygen atoms in total. The topological polar surface area (TPSA) is 63.6 Å². The molecule has 14 heavy (non-hydrogen) atoms. The number of rotatable bonds is 5. The Hall–Kier alpha value is -1.32. The van der Waals surface area contributed by atoms with E-state index >= 15 is 0 Å². The van der Waals surface area contributed by atoms with Crippen molar-refractivity contribution in [1.82, 2.24) is 0 Å². The van der Waals surface area contributed by atoms with Crippen LogP contribution in [0.5, 0.6) is 0 Å². The number of aliphatic carboxylic acids is 1. The maximum Gasteiger partial charge on any atom is 0.334 e. The Kier molecular flexibility index (Phi) is 5.60. The lowest BCUT2D eigenvalue weighted by Gasteiger charge is -2.05. The third-order valence-corrected chi connectivity index (χ3v) is 1.92. The number of carbonyl (C=O) groups is 2. The molecule has 1 N–H and O–H groups in total. The van der Waals surface area contributed by atoms with Gasteiger partial charge in [0.25, 0.3) is 0 Å². The van der Waals surface area contributed by atoms with E-state index in [0.29, 0.717) is 6.61 Å². The molecule has 0 aromatic rings. The van der Waals surface area contributed by atoms with Gasteiger partial charge in [-0.15, -0.1) is 0 Å². The van der Waals surface area contributed by atoms with E-state index in [1.165, 1.54) is 13.8 Å². The van der Waals surface area contributed by atoms with Crippen molar-refractivity contribution in [3.8, 4) is 0 Å². The summed E-state index contributed by atoms with van der Waals surface area (Å²) in [5, 5.41) is 8.61. The van der Waals surface area contributed by atoms with E-state index in [1.54, 1.807) is 0 Å². The van der Waals surface area contributed by atoms with Gasteiger partial charge in [-0.1, -0.05) is 13.3 Å². The Balaban J connectivity index is 4.25. The fourth-order valence-electron chi connectivity index (χ4n) is 0.731. The number of carbonyl (C=O) groups excluding carboxylic acids is 1. The Labute approximate surface area is 83.6 Å². The number of ether oxygens (including phenoxy) is 1. The second-order valence-corrected chi connectivity index (χ2v) is 3.04. The van der Waals surface area contributed by atoms with Gasteiger partial charge in [0.1, 0.15) is 0 Å². The number of carboxylic acid groups (broad SMARTS) is 1. The van der Waals surface area contributed by atoms with E-state index < -0.39 is 11.9 Å². The molecule has 0 rings (SSSR count). The quantitative estimate of drug-likeness (QED) is 0.417. The minimum absolute atomic E-state index is 0.0338. The molecule has 0 aliphatic carbocycles. The number of carboxylic acids is 1. The lowest BCUT2D eigenvalue weighted by atomic mass is 10.1. The highest BCUT2D eigenvalue weighted by molar-refractivity contribution is 5.98. The van der Waals surface area contributed by atoms with Crippen molar-refractivity contribution >= 4 is 11.9 Å². The van der Waals surface area contributed by atoms with Crippen LogP contribution in [0.2, 0.25) is 0 Å². The Bertz CT molecular complexity index is 253. The van der Waals surface area contributed by atoms with Crippen molar-refractivity contribution in [2.24, 2.45) is 0 Å². The molecule has 0 atom stereocenters. The molecule has 0 aliphatic rings. The average Bonchev–Trinajstić information content (AvgIpc) is 2.15.